The van der Waals surface area contributed by atoms with Crippen molar-refractivity contribution in [3.63, 3.8) is 0 Å². The van der Waals surface area contributed by atoms with Gasteiger partial charge in [-0.05, 0) is 45.0 Å². The van der Waals surface area contributed by atoms with Gasteiger partial charge in [0.25, 0.3) is 0 Å². The minimum absolute atomic E-state index is 0.0943. The van der Waals surface area contributed by atoms with Gasteiger partial charge in [-0.15, -0.1) is 0 Å². The summed E-state index contributed by atoms with van der Waals surface area (Å²) in [5.41, 5.74) is 2.65. The van der Waals surface area contributed by atoms with Crippen molar-refractivity contribution in [3.8, 4) is 5.75 Å². The Hall–Kier alpha value is -1.58. The predicted molar refractivity (Wildman–Crippen MR) is 97.9 cm³/mol. The molecule has 0 aromatic heterocycles. The fourth-order valence-electron chi connectivity index (χ4n) is 2.61. The smallest absolute Gasteiger partial charge is 0.119 e. The van der Waals surface area contributed by atoms with Gasteiger partial charge in [-0.2, -0.15) is 0 Å². The first-order chi connectivity index (χ1) is 10.5. The van der Waals surface area contributed by atoms with Crippen LogP contribution in [0, 0.1) is 6.92 Å². The SMILES string of the molecule is CCNCc1cccc(OC(C)(C)[SiH2]c2ccccc2C)c1. The van der Waals surface area contributed by atoms with Gasteiger partial charge in [0.05, 0.1) is 5.22 Å². The molecular weight excluding hydrogens is 286 g/mol. The second-order valence-corrected chi connectivity index (χ2v) is 9.21. The van der Waals surface area contributed by atoms with Gasteiger partial charge in [-0.25, -0.2) is 0 Å². The molecule has 1 N–H and O–H groups in total. The molecule has 0 unspecified atom stereocenters. The normalized spacial score (nSPS) is 12.0. The van der Waals surface area contributed by atoms with Crippen molar-refractivity contribution in [2.75, 3.05) is 6.54 Å². The van der Waals surface area contributed by atoms with Crippen LogP contribution >= 0.6 is 0 Å². The van der Waals surface area contributed by atoms with E-state index in [0.717, 1.165) is 18.8 Å². The van der Waals surface area contributed by atoms with E-state index in [4.69, 9.17) is 4.74 Å². The van der Waals surface area contributed by atoms with Gasteiger partial charge in [0, 0.05) is 6.54 Å². The highest BCUT2D eigenvalue weighted by atomic mass is 28.2. The van der Waals surface area contributed by atoms with Crippen LogP contribution in [0.5, 0.6) is 5.75 Å². The molecule has 0 spiro atoms. The molecular formula is C19H27NOSi. The van der Waals surface area contributed by atoms with E-state index in [-0.39, 0.29) is 5.22 Å². The Kier molecular flexibility index (Phi) is 5.81. The minimum atomic E-state index is -0.522. The molecule has 0 fully saturated rings. The Morgan fingerprint density at radius 3 is 2.59 bits per heavy atom. The number of hydrogen-bond donors (Lipinski definition) is 1. The summed E-state index contributed by atoms with van der Waals surface area (Å²) in [5.74, 6) is 0.974. The molecule has 3 heteroatoms. The molecule has 2 aromatic carbocycles. The Morgan fingerprint density at radius 2 is 1.86 bits per heavy atom. The summed E-state index contributed by atoms with van der Waals surface area (Å²) < 4.78 is 6.32. The molecule has 2 nitrogen and oxygen atoms in total. The average molecular weight is 314 g/mol. The molecule has 2 aromatic rings. The monoisotopic (exact) mass is 313 g/mol. The first kappa shape index (κ1) is 16.8. The Bertz CT molecular complexity index is 610. The number of ether oxygens (including phenoxy) is 1. The van der Waals surface area contributed by atoms with Crippen LogP contribution in [0.15, 0.2) is 48.5 Å². The summed E-state index contributed by atoms with van der Waals surface area (Å²) in [6, 6.07) is 17.1. The standard InChI is InChI=1S/C19H27NOSi/c1-5-20-14-16-10-8-11-17(13-16)21-19(3,4)22-18-12-7-6-9-15(18)2/h6-13,20H,5,14,22H2,1-4H3. The van der Waals surface area contributed by atoms with Crippen molar-refractivity contribution in [1.29, 1.82) is 0 Å². The second-order valence-electron chi connectivity index (χ2n) is 6.39. The van der Waals surface area contributed by atoms with Crippen LogP contribution in [0.25, 0.3) is 0 Å². The molecule has 0 bridgehead atoms. The van der Waals surface area contributed by atoms with Crippen LogP contribution < -0.4 is 15.2 Å². The second kappa shape index (κ2) is 7.61. The van der Waals surface area contributed by atoms with Crippen molar-refractivity contribution in [2.24, 2.45) is 0 Å². The summed E-state index contributed by atoms with van der Waals surface area (Å²) in [6.07, 6.45) is 0. The molecule has 2 rings (SSSR count). The molecule has 0 aliphatic carbocycles. The van der Waals surface area contributed by atoms with Gasteiger partial charge < -0.3 is 10.1 Å². The number of nitrogens with one attached hydrogen (secondary N) is 1. The lowest BCUT2D eigenvalue weighted by Gasteiger charge is -2.27. The van der Waals surface area contributed by atoms with Gasteiger partial charge in [-0.1, -0.05) is 54.1 Å². The minimum Gasteiger partial charge on any atom is -0.492 e. The number of hydrogen-bond acceptors (Lipinski definition) is 2. The summed E-state index contributed by atoms with van der Waals surface area (Å²) >= 11 is 0. The molecule has 0 radical (unpaired) electrons. The summed E-state index contributed by atoms with van der Waals surface area (Å²) in [4.78, 5) is 0. The van der Waals surface area contributed by atoms with Crippen molar-refractivity contribution >= 4 is 14.7 Å². The van der Waals surface area contributed by atoms with E-state index >= 15 is 0 Å². The summed E-state index contributed by atoms with van der Waals surface area (Å²) in [5, 5.41) is 4.74. The summed E-state index contributed by atoms with van der Waals surface area (Å²) in [6.45, 7) is 10.6. The zero-order valence-corrected chi connectivity index (χ0v) is 15.6. The van der Waals surface area contributed by atoms with E-state index in [0.29, 0.717) is 0 Å². The number of rotatable bonds is 7. The highest BCUT2D eigenvalue weighted by Gasteiger charge is 2.22. The lowest BCUT2D eigenvalue weighted by atomic mass is 10.2. The van der Waals surface area contributed by atoms with Crippen LogP contribution in [0.4, 0.5) is 0 Å². The van der Waals surface area contributed by atoms with Gasteiger partial charge in [0.2, 0.25) is 0 Å². The van der Waals surface area contributed by atoms with Crippen LogP contribution in [0.2, 0.25) is 0 Å². The lowest BCUT2D eigenvalue weighted by Crippen LogP contribution is -2.43. The lowest BCUT2D eigenvalue weighted by molar-refractivity contribution is 0.195. The third kappa shape index (κ3) is 5.00. The Labute approximate surface area is 136 Å². The Balaban J connectivity index is 2.06. The van der Waals surface area contributed by atoms with E-state index in [1.807, 2.05) is 0 Å². The third-order valence-electron chi connectivity index (χ3n) is 3.75. The molecule has 0 saturated carbocycles. The zero-order valence-electron chi connectivity index (χ0n) is 14.1. The van der Waals surface area contributed by atoms with Crippen LogP contribution in [-0.2, 0) is 6.54 Å². The molecule has 0 aliphatic heterocycles. The van der Waals surface area contributed by atoms with Gasteiger partial charge in [0.15, 0.2) is 0 Å². The van der Waals surface area contributed by atoms with E-state index in [1.165, 1.54) is 16.3 Å². The van der Waals surface area contributed by atoms with E-state index in [1.54, 1.807) is 0 Å². The Morgan fingerprint density at radius 1 is 1.09 bits per heavy atom. The first-order valence-electron chi connectivity index (χ1n) is 8.03. The molecule has 0 heterocycles. The van der Waals surface area contributed by atoms with E-state index in [9.17, 15) is 0 Å². The van der Waals surface area contributed by atoms with Crippen molar-refractivity contribution in [2.45, 2.75) is 39.5 Å². The number of aryl methyl sites for hydroxylation is 1. The van der Waals surface area contributed by atoms with Crippen LogP contribution in [0.3, 0.4) is 0 Å². The predicted octanol–water partition coefficient (Wildman–Crippen LogP) is 2.71. The maximum absolute atomic E-state index is 6.32. The van der Waals surface area contributed by atoms with Gasteiger partial charge >= 0.3 is 0 Å². The maximum atomic E-state index is 6.32. The fourth-order valence-corrected chi connectivity index (χ4v) is 4.42. The highest BCUT2D eigenvalue weighted by molar-refractivity contribution is 6.57. The maximum Gasteiger partial charge on any atom is 0.119 e. The molecule has 118 valence electrons. The third-order valence-corrected chi connectivity index (χ3v) is 5.92. The van der Waals surface area contributed by atoms with Gasteiger partial charge in [0.1, 0.15) is 15.3 Å². The average Bonchev–Trinajstić information content (AvgIpc) is 2.47. The fraction of sp³-hybridized carbons (Fsp3) is 0.368. The largest absolute Gasteiger partial charge is 0.492 e. The van der Waals surface area contributed by atoms with Crippen molar-refractivity contribution < 1.29 is 4.74 Å². The molecule has 0 saturated heterocycles. The molecule has 22 heavy (non-hydrogen) atoms. The van der Waals surface area contributed by atoms with Gasteiger partial charge in [-0.3, -0.25) is 0 Å². The number of benzene rings is 2. The summed E-state index contributed by atoms with van der Waals surface area (Å²) in [7, 11) is -0.522. The molecule has 0 atom stereocenters. The van der Waals surface area contributed by atoms with E-state index < -0.39 is 9.52 Å². The zero-order chi connectivity index (χ0) is 16.0. The highest BCUT2D eigenvalue weighted by Crippen LogP contribution is 2.19. The van der Waals surface area contributed by atoms with Crippen LogP contribution in [0.1, 0.15) is 31.9 Å². The topological polar surface area (TPSA) is 21.3 Å². The van der Waals surface area contributed by atoms with E-state index in [2.05, 4.69) is 81.5 Å². The quantitative estimate of drug-likeness (QED) is 0.794. The van der Waals surface area contributed by atoms with Crippen LogP contribution in [-0.4, -0.2) is 21.3 Å². The first-order valence-corrected chi connectivity index (χ1v) is 9.45. The molecule has 0 aliphatic rings. The van der Waals surface area contributed by atoms with Crippen molar-refractivity contribution in [1.82, 2.24) is 5.32 Å². The molecule has 0 amide bonds. The van der Waals surface area contributed by atoms with Crippen molar-refractivity contribution in [3.05, 3.63) is 59.7 Å².